The summed E-state index contributed by atoms with van der Waals surface area (Å²) in [5.74, 6) is 0. The van der Waals surface area contributed by atoms with Crippen LogP contribution in [0.2, 0.25) is 0 Å². The monoisotopic (exact) mass is 388 g/mol. The first-order chi connectivity index (χ1) is 5.74. The molecule has 0 saturated carbocycles. The van der Waals surface area contributed by atoms with E-state index in [1.54, 1.807) is 22.7 Å². The smallest absolute Gasteiger partial charge is 0.0891 e. The van der Waals surface area contributed by atoms with E-state index < -0.39 is 0 Å². The normalized spacial score (nSPS) is 11.2. The second-order valence-electron chi connectivity index (χ2n) is 2.23. The fraction of sp³-hybridized carbons (Fsp3) is 0.143. The average molecular weight is 391 g/mol. The van der Waals surface area contributed by atoms with E-state index in [-0.39, 0.29) is 0 Å². The van der Waals surface area contributed by atoms with E-state index in [4.69, 9.17) is 0 Å². The summed E-state index contributed by atoms with van der Waals surface area (Å²) in [6.45, 7) is 0. The molecule has 0 radical (unpaired) electrons. The Bertz CT molecular complexity index is 415. The number of alkyl halides is 1. The third-order valence-electron chi connectivity index (χ3n) is 1.57. The number of fused-ring (bicyclic) bond motifs is 1. The van der Waals surface area contributed by atoms with Gasteiger partial charge < -0.3 is 0 Å². The van der Waals surface area contributed by atoms with Crippen molar-refractivity contribution in [3.05, 3.63) is 19.2 Å². The van der Waals surface area contributed by atoms with E-state index in [1.807, 2.05) is 0 Å². The Kier molecular flexibility index (Phi) is 2.97. The minimum atomic E-state index is 0.906. The highest BCUT2D eigenvalue weighted by Gasteiger charge is 2.13. The molecule has 0 bridgehead atoms. The minimum absolute atomic E-state index is 0.906. The van der Waals surface area contributed by atoms with Crippen LogP contribution in [-0.4, -0.2) is 0 Å². The fourth-order valence-electron chi connectivity index (χ4n) is 1.02. The summed E-state index contributed by atoms with van der Waals surface area (Å²) in [6.07, 6.45) is 0. The van der Waals surface area contributed by atoms with Crippen molar-refractivity contribution in [3.63, 3.8) is 0 Å². The summed E-state index contributed by atoms with van der Waals surface area (Å²) in [5, 5.41) is 4.40. The SMILES string of the molecule is BrCc1c(Br)sc2scc(Br)c12. The van der Waals surface area contributed by atoms with Crippen LogP contribution in [0.5, 0.6) is 0 Å². The molecular weight excluding hydrogens is 388 g/mol. The Labute approximate surface area is 103 Å². The number of rotatable bonds is 1. The van der Waals surface area contributed by atoms with Crippen LogP contribution in [0.1, 0.15) is 5.56 Å². The molecule has 0 amide bonds. The first kappa shape index (κ1) is 9.65. The molecule has 0 aromatic carbocycles. The third-order valence-corrected chi connectivity index (χ3v) is 6.15. The molecule has 2 heterocycles. The average Bonchev–Trinajstić information content (AvgIpc) is 2.52. The fourth-order valence-corrected chi connectivity index (χ4v) is 6.33. The van der Waals surface area contributed by atoms with Crippen molar-refractivity contribution < 1.29 is 0 Å². The summed E-state index contributed by atoms with van der Waals surface area (Å²) in [4.78, 5) is 0. The van der Waals surface area contributed by atoms with Gasteiger partial charge in [-0.25, -0.2) is 0 Å². The van der Waals surface area contributed by atoms with Gasteiger partial charge in [0.05, 0.1) is 7.80 Å². The van der Waals surface area contributed by atoms with E-state index in [0.29, 0.717) is 0 Å². The molecule has 0 aliphatic rings. The summed E-state index contributed by atoms with van der Waals surface area (Å²) >= 11 is 14.2. The van der Waals surface area contributed by atoms with Crippen molar-refractivity contribution >= 4 is 79.9 Å². The van der Waals surface area contributed by atoms with Gasteiger partial charge in [0.2, 0.25) is 0 Å². The summed E-state index contributed by atoms with van der Waals surface area (Å²) in [5.41, 5.74) is 1.35. The number of hydrogen-bond donors (Lipinski definition) is 0. The van der Waals surface area contributed by atoms with Gasteiger partial charge in [0.25, 0.3) is 0 Å². The maximum Gasteiger partial charge on any atom is 0.0891 e. The van der Waals surface area contributed by atoms with Crippen LogP contribution in [0.25, 0.3) is 9.40 Å². The number of halogens is 3. The molecule has 2 rings (SSSR count). The molecule has 0 unspecified atom stereocenters. The molecule has 0 nitrogen and oxygen atoms in total. The van der Waals surface area contributed by atoms with Gasteiger partial charge in [-0.05, 0) is 37.4 Å². The van der Waals surface area contributed by atoms with Crippen LogP contribution in [0, 0.1) is 0 Å². The van der Waals surface area contributed by atoms with Crippen molar-refractivity contribution in [2.24, 2.45) is 0 Å². The van der Waals surface area contributed by atoms with E-state index >= 15 is 0 Å². The Morgan fingerprint density at radius 1 is 1.33 bits per heavy atom. The van der Waals surface area contributed by atoms with E-state index in [9.17, 15) is 0 Å². The van der Waals surface area contributed by atoms with Crippen LogP contribution in [-0.2, 0) is 5.33 Å². The predicted octanol–water partition coefficient (Wildman–Crippen LogP) is 5.38. The lowest BCUT2D eigenvalue weighted by atomic mass is 10.3. The Morgan fingerprint density at radius 3 is 2.75 bits per heavy atom. The van der Waals surface area contributed by atoms with Crippen molar-refractivity contribution in [1.29, 1.82) is 0 Å². The van der Waals surface area contributed by atoms with Crippen molar-refractivity contribution in [2.45, 2.75) is 5.33 Å². The molecule has 0 fully saturated rings. The molecule has 64 valence electrons. The Hall–Kier alpha value is 1.10. The first-order valence-corrected chi connectivity index (χ1v) is 7.54. The summed E-state index contributed by atoms with van der Waals surface area (Å²) < 4.78 is 3.82. The lowest BCUT2D eigenvalue weighted by molar-refractivity contribution is 1.52. The zero-order valence-corrected chi connectivity index (χ0v) is 12.1. The molecule has 12 heavy (non-hydrogen) atoms. The first-order valence-electron chi connectivity index (χ1n) is 3.14. The van der Waals surface area contributed by atoms with Crippen LogP contribution in [0.15, 0.2) is 13.6 Å². The quantitative estimate of drug-likeness (QED) is 0.573. The van der Waals surface area contributed by atoms with Crippen LogP contribution < -0.4 is 0 Å². The van der Waals surface area contributed by atoms with Crippen molar-refractivity contribution in [3.8, 4) is 0 Å². The highest BCUT2D eigenvalue weighted by molar-refractivity contribution is 9.11. The highest BCUT2D eigenvalue weighted by atomic mass is 79.9. The van der Waals surface area contributed by atoms with Gasteiger partial charge in [0, 0.05) is 20.6 Å². The molecule has 0 spiro atoms. The predicted molar refractivity (Wildman–Crippen MR) is 67.7 cm³/mol. The van der Waals surface area contributed by atoms with Gasteiger partial charge in [0.15, 0.2) is 0 Å². The molecule has 0 N–H and O–H groups in total. The third kappa shape index (κ3) is 1.43. The second-order valence-corrected chi connectivity index (χ2v) is 7.13. The second kappa shape index (κ2) is 3.69. The van der Waals surface area contributed by atoms with Gasteiger partial charge in [-0.2, -0.15) is 0 Å². The van der Waals surface area contributed by atoms with Crippen LogP contribution >= 0.6 is 70.5 Å². The molecular formula is C7H3Br3S2. The molecule has 2 aromatic rings. The van der Waals surface area contributed by atoms with Crippen molar-refractivity contribution in [1.82, 2.24) is 0 Å². The number of thiophene rings is 2. The van der Waals surface area contributed by atoms with Crippen LogP contribution in [0.4, 0.5) is 0 Å². The van der Waals surface area contributed by atoms with Crippen LogP contribution in [0.3, 0.4) is 0 Å². The van der Waals surface area contributed by atoms with Gasteiger partial charge in [0.1, 0.15) is 0 Å². The lowest BCUT2D eigenvalue weighted by Gasteiger charge is -1.91. The van der Waals surface area contributed by atoms with Crippen molar-refractivity contribution in [2.75, 3.05) is 0 Å². The molecule has 2 aromatic heterocycles. The summed E-state index contributed by atoms with van der Waals surface area (Å²) in [7, 11) is 0. The van der Waals surface area contributed by atoms with E-state index in [1.165, 1.54) is 23.2 Å². The van der Waals surface area contributed by atoms with Gasteiger partial charge >= 0.3 is 0 Å². The van der Waals surface area contributed by atoms with E-state index in [2.05, 4.69) is 53.2 Å². The van der Waals surface area contributed by atoms with Gasteiger partial charge in [-0.15, -0.1) is 22.7 Å². The minimum Gasteiger partial charge on any atom is -0.132 e. The zero-order valence-electron chi connectivity index (χ0n) is 5.73. The Balaban J connectivity index is 2.84. The topological polar surface area (TPSA) is 0 Å². The van der Waals surface area contributed by atoms with Gasteiger partial charge in [-0.3, -0.25) is 0 Å². The Morgan fingerprint density at radius 2 is 2.08 bits per heavy atom. The van der Waals surface area contributed by atoms with E-state index in [0.717, 1.165) is 5.33 Å². The number of hydrogen-bond acceptors (Lipinski definition) is 2. The van der Waals surface area contributed by atoms with Gasteiger partial charge in [-0.1, -0.05) is 15.9 Å². The maximum atomic E-state index is 3.56. The largest absolute Gasteiger partial charge is 0.132 e. The molecule has 0 saturated heterocycles. The molecule has 0 aliphatic carbocycles. The molecule has 5 heteroatoms. The molecule has 0 atom stereocenters. The summed E-state index contributed by atoms with van der Waals surface area (Å²) in [6, 6.07) is 0. The zero-order chi connectivity index (χ0) is 8.72. The maximum absolute atomic E-state index is 3.56. The highest BCUT2D eigenvalue weighted by Crippen LogP contribution is 2.43. The molecule has 0 aliphatic heterocycles. The standard InChI is InChI=1S/C7H3Br3S2/c8-1-3-5-4(9)2-11-7(5)12-6(3)10/h2H,1H2. The lowest BCUT2D eigenvalue weighted by Crippen LogP contribution is -1.71.